The first-order valence-corrected chi connectivity index (χ1v) is 6.97. The van der Waals surface area contributed by atoms with E-state index in [2.05, 4.69) is 24.5 Å². The van der Waals surface area contributed by atoms with Gasteiger partial charge in [-0.25, -0.2) is 4.79 Å². The zero-order valence-corrected chi connectivity index (χ0v) is 11.6. The van der Waals surface area contributed by atoms with Gasteiger partial charge in [-0.15, -0.1) is 11.8 Å². The normalized spacial score (nSPS) is 12.3. The molecule has 0 unspecified atom stereocenters. The maximum Gasteiger partial charge on any atom is 0.319 e. The number of rotatable bonds is 4. The Labute approximate surface area is 107 Å². The lowest BCUT2D eigenvalue weighted by Gasteiger charge is -2.17. The standard InChI is InChI=1S/C13H20N2OS/c1-9(2)10(3)14-13(16)15-11-5-7-12(17-4)8-6-11/h5-10H,1-4H3,(H2,14,15,16)/t10-/m1/s1. The molecular formula is C13H20N2OS. The van der Waals surface area contributed by atoms with Crippen LogP contribution in [0.2, 0.25) is 0 Å². The molecular weight excluding hydrogens is 232 g/mol. The summed E-state index contributed by atoms with van der Waals surface area (Å²) in [7, 11) is 0. The molecule has 2 N–H and O–H groups in total. The zero-order valence-electron chi connectivity index (χ0n) is 10.8. The van der Waals surface area contributed by atoms with Gasteiger partial charge in [-0.2, -0.15) is 0 Å². The number of thioether (sulfide) groups is 1. The predicted octanol–water partition coefficient (Wildman–Crippen LogP) is 3.57. The summed E-state index contributed by atoms with van der Waals surface area (Å²) in [6.07, 6.45) is 2.03. The fraction of sp³-hybridized carbons (Fsp3) is 0.462. The largest absolute Gasteiger partial charge is 0.335 e. The molecule has 0 saturated heterocycles. The number of hydrogen-bond donors (Lipinski definition) is 2. The topological polar surface area (TPSA) is 41.1 Å². The average Bonchev–Trinajstić information content (AvgIpc) is 2.29. The van der Waals surface area contributed by atoms with Crippen molar-refractivity contribution in [2.24, 2.45) is 5.92 Å². The average molecular weight is 252 g/mol. The summed E-state index contributed by atoms with van der Waals surface area (Å²) >= 11 is 1.68. The second-order valence-electron chi connectivity index (χ2n) is 4.36. The third-order valence-corrected chi connectivity index (χ3v) is 3.45. The van der Waals surface area contributed by atoms with Crippen LogP contribution in [0.25, 0.3) is 0 Å². The molecule has 1 atom stereocenters. The minimum absolute atomic E-state index is 0.150. The van der Waals surface area contributed by atoms with Crippen LogP contribution in [-0.2, 0) is 0 Å². The van der Waals surface area contributed by atoms with Crippen LogP contribution < -0.4 is 10.6 Å². The molecule has 17 heavy (non-hydrogen) atoms. The van der Waals surface area contributed by atoms with Crippen molar-refractivity contribution < 1.29 is 4.79 Å². The van der Waals surface area contributed by atoms with E-state index < -0.39 is 0 Å². The van der Waals surface area contributed by atoms with Crippen molar-refractivity contribution in [1.29, 1.82) is 0 Å². The summed E-state index contributed by atoms with van der Waals surface area (Å²) in [5, 5.41) is 5.72. The Kier molecular flexibility index (Phi) is 5.35. The van der Waals surface area contributed by atoms with Crippen LogP contribution in [0, 0.1) is 5.92 Å². The van der Waals surface area contributed by atoms with Crippen LogP contribution in [0.15, 0.2) is 29.2 Å². The second-order valence-corrected chi connectivity index (χ2v) is 5.24. The van der Waals surface area contributed by atoms with Crippen molar-refractivity contribution in [1.82, 2.24) is 5.32 Å². The highest BCUT2D eigenvalue weighted by Crippen LogP contribution is 2.17. The highest BCUT2D eigenvalue weighted by atomic mass is 32.2. The molecule has 1 aromatic carbocycles. The Bertz CT molecular complexity index is 362. The van der Waals surface area contributed by atoms with Gasteiger partial charge in [0.05, 0.1) is 0 Å². The first-order valence-electron chi connectivity index (χ1n) is 5.74. The highest BCUT2D eigenvalue weighted by Gasteiger charge is 2.10. The molecule has 0 saturated carbocycles. The first kappa shape index (κ1) is 13.9. The predicted molar refractivity (Wildman–Crippen MR) is 74.7 cm³/mol. The lowest BCUT2D eigenvalue weighted by Crippen LogP contribution is -2.38. The van der Waals surface area contributed by atoms with Gasteiger partial charge in [0.1, 0.15) is 0 Å². The Morgan fingerprint density at radius 3 is 2.24 bits per heavy atom. The lowest BCUT2D eigenvalue weighted by atomic mass is 10.1. The Morgan fingerprint density at radius 1 is 1.18 bits per heavy atom. The van der Waals surface area contributed by atoms with Crippen LogP contribution in [0.1, 0.15) is 20.8 Å². The zero-order chi connectivity index (χ0) is 12.8. The van der Waals surface area contributed by atoms with Crippen LogP contribution in [-0.4, -0.2) is 18.3 Å². The van der Waals surface area contributed by atoms with E-state index in [1.807, 2.05) is 37.4 Å². The van der Waals surface area contributed by atoms with Gasteiger partial charge in [-0.05, 0) is 43.4 Å². The van der Waals surface area contributed by atoms with Crippen molar-refractivity contribution in [2.45, 2.75) is 31.7 Å². The second kappa shape index (κ2) is 6.55. The number of anilines is 1. The van der Waals surface area contributed by atoms with Crippen molar-refractivity contribution in [3.63, 3.8) is 0 Å². The van der Waals surface area contributed by atoms with E-state index in [0.717, 1.165) is 5.69 Å². The highest BCUT2D eigenvalue weighted by molar-refractivity contribution is 7.98. The molecule has 0 aliphatic carbocycles. The van der Waals surface area contributed by atoms with Gasteiger partial charge in [0.15, 0.2) is 0 Å². The molecule has 2 amide bonds. The maximum atomic E-state index is 11.7. The molecule has 0 aliphatic rings. The monoisotopic (exact) mass is 252 g/mol. The van der Waals surface area contributed by atoms with E-state index in [9.17, 15) is 4.79 Å². The molecule has 94 valence electrons. The Hall–Kier alpha value is -1.16. The SMILES string of the molecule is CSc1ccc(NC(=O)N[C@H](C)C(C)C)cc1. The number of amides is 2. The molecule has 0 bridgehead atoms. The maximum absolute atomic E-state index is 11.7. The van der Waals surface area contributed by atoms with E-state index >= 15 is 0 Å². The molecule has 0 spiro atoms. The fourth-order valence-corrected chi connectivity index (χ4v) is 1.62. The third kappa shape index (κ3) is 4.69. The molecule has 4 heteroatoms. The van der Waals surface area contributed by atoms with Crippen LogP contribution in [0.4, 0.5) is 10.5 Å². The number of benzene rings is 1. The summed E-state index contributed by atoms with van der Waals surface area (Å²) in [6, 6.07) is 7.82. The molecule has 0 aromatic heterocycles. The summed E-state index contributed by atoms with van der Waals surface area (Å²) in [5.74, 6) is 0.430. The Balaban J connectivity index is 2.50. The third-order valence-electron chi connectivity index (χ3n) is 2.71. The number of carbonyl (C=O) groups is 1. The van der Waals surface area contributed by atoms with Crippen molar-refractivity contribution in [2.75, 3.05) is 11.6 Å². The van der Waals surface area contributed by atoms with Crippen molar-refractivity contribution in [3.8, 4) is 0 Å². The number of hydrogen-bond acceptors (Lipinski definition) is 2. The van der Waals surface area contributed by atoms with Gasteiger partial charge in [0.25, 0.3) is 0 Å². The number of nitrogens with one attached hydrogen (secondary N) is 2. The van der Waals surface area contributed by atoms with Crippen molar-refractivity contribution >= 4 is 23.5 Å². The van der Waals surface area contributed by atoms with Gasteiger partial charge in [0.2, 0.25) is 0 Å². The molecule has 0 aliphatic heterocycles. The Morgan fingerprint density at radius 2 is 1.76 bits per heavy atom. The van der Waals surface area contributed by atoms with Crippen LogP contribution in [0.3, 0.4) is 0 Å². The smallest absolute Gasteiger partial charge is 0.319 e. The summed E-state index contributed by atoms with van der Waals surface area (Å²) < 4.78 is 0. The van der Waals surface area contributed by atoms with Gasteiger partial charge < -0.3 is 10.6 Å². The quantitative estimate of drug-likeness (QED) is 0.804. The van der Waals surface area contributed by atoms with Gasteiger partial charge in [0, 0.05) is 16.6 Å². The van der Waals surface area contributed by atoms with E-state index in [4.69, 9.17) is 0 Å². The minimum Gasteiger partial charge on any atom is -0.335 e. The fourth-order valence-electron chi connectivity index (χ4n) is 1.21. The lowest BCUT2D eigenvalue weighted by molar-refractivity contribution is 0.246. The van der Waals surface area contributed by atoms with Gasteiger partial charge >= 0.3 is 6.03 Å². The van der Waals surface area contributed by atoms with Crippen LogP contribution >= 0.6 is 11.8 Å². The minimum atomic E-state index is -0.150. The van der Waals surface area contributed by atoms with Crippen molar-refractivity contribution in [3.05, 3.63) is 24.3 Å². The molecule has 0 fully saturated rings. The molecule has 0 heterocycles. The van der Waals surface area contributed by atoms with Gasteiger partial charge in [-0.3, -0.25) is 0 Å². The van der Waals surface area contributed by atoms with E-state index in [0.29, 0.717) is 5.92 Å². The summed E-state index contributed by atoms with van der Waals surface area (Å²) in [5.41, 5.74) is 0.816. The number of carbonyl (C=O) groups excluding carboxylic acids is 1. The van der Waals surface area contributed by atoms with E-state index in [-0.39, 0.29) is 12.1 Å². The molecule has 1 aromatic rings. The molecule has 3 nitrogen and oxygen atoms in total. The van der Waals surface area contributed by atoms with Gasteiger partial charge in [-0.1, -0.05) is 13.8 Å². The van der Waals surface area contributed by atoms with E-state index in [1.165, 1.54) is 4.90 Å². The summed E-state index contributed by atoms with van der Waals surface area (Å²) in [6.45, 7) is 6.16. The van der Waals surface area contributed by atoms with Crippen LogP contribution in [0.5, 0.6) is 0 Å². The summed E-state index contributed by atoms with van der Waals surface area (Å²) in [4.78, 5) is 12.8. The first-order chi connectivity index (χ1) is 8.02. The van der Waals surface area contributed by atoms with E-state index in [1.54, 1.807) is 11.8 Å². The molecule has 1 rings (SSSR count). The molecule has 0 radical (unpaired) electrons. The number of urea groups is 1.